The molecule has 0 saturated carbocycles. The van der Waals surface area contributed by atoms with Crippen molar-refractivity contribution in [1.82, 2.24) is 14.4 Å². The second-order valence-corrected chi connectivity index (χ2v) is 13.6. The van der Waals surface area contributed by atoms with Gasteiger partial charge in [-0.2, -0.15) is 8.78 Å². The first-order chi connectivity index (χ1) is 25.1. The normalized spacial score (nSPS) is 15.5. The monoisotopic (exact) mass is 742 g/mol. The van der Waals surface area contributed by atoms with Crippen molar-refractivity contribution in [1.29, 1.82) is 0 Å². The third-order valence-corrected chi connectivity index (χ3v) is 8.65. The number of hydrogen-bond donors (Lipinski definition) is 1. The number of esters is 1. The Hall–Kier alpha value is -5.15. The number of halogens is 4. The van der Waals surface area contributed by atoms with Gasteiger partial charge in [0.05, 0.1) is 30.4 Å². The zero-order valence-corrected chi connectivity index (χ0v) is 30.0. The van der Waals surface area contributed by atoms with Crippen LogP contribution in [0.1, 0.15) is 59.4 Å². The zero-order chi connectivity index (χ0) is 38.4. The highest BCUT2D eigenvalue weighted by molar-refractivity contribution is 6.00. The Kier molecular flexibility index (Phi) is 12.3. The third kappa shape index (κ3) is 9.84. The fourth-order valence-electron chi connectivity index (χ4n) is 6.37. The molecule has 0 spiro atoms. The maximum Gasteiger partial charge on any atom is 0.419 e. The lowest BCUT2D eigenvalue weighted by molar-refractivity contribution is -0.0510. The molecule has 3 aromatic carbocycles. The molecule has 1 fully saturated rings. The molecule has 53 heavy (non-hydrogen) atoms. The summed E-state index contributed by atoms with van der Waals surface area (Å²) in [6.45, 7) is 3.71. The molecule has 1 amide bonds. The highest BCUT2D eigenvalue weighted by Crippen LogP contribution is 2.38. The minimum absolute atomic E-state index is 0.00494. The smallest absolute Gasteiger partial charge is 0.419 e. The number of carbonyl (C=O) groups excluding carboxylic acids is 3. The fraction of sp³-hybridized carbons (Fsp3) is 0.395. The van der Waals surface area contributed by atoms with E-state index in [4.69, 9.17) is 18.9 Å². The number of aryl methyl sites for hydroxylation is 1. The molecule has 1 N–H and O–H groups in total. The van der Waals surface area contributed by atoms with Gasteiger partial charge in [0.2, 0.25) is 0 Å². The summed E-state index contributed by atoms with van der Waals surface area (Å²) in [6, 6.07) is 16.0. The van der Waals surface area contributed by atoms with E-state index in [-0.39, 0.29) is 49.8 Å². The van der Waals surface area contributed by atoms with Crippen LogP contribution in [0, 0.1) is 6.92 Å². The highest BCUT2D eigenvalue weighted by atomic mass is 19.3. The molecule has 0 unspecified atom stereocenters. The Labute approximate surface area is 304 Å². The summed E-state index contributed by atoms with van der Waals surface area (Å²) >= 11 is 0. The molecule has 0 aliphatic carbocycles. The van der Waals surface area contributed by atoms with E-state index in [9.17, 15) is 31.9 Å². The Balaban J connectivity index is 1.54. The average Bonchev–Trinajstić information content (AvgIpc) is 3.55. The van der Waals surface area contributed by atoms with E-state index in [2.05, 4.69) is 5.32 Å². The number of fused-ring (bicyclic) bond motifs is 1. The van der Waals surface area contributed by atoms with Gasteiger partial charge in [-0.3, -0.25) is 19.7 Å². The van der Waals surface area contributed by atoms with Crippen molar-refractivity contribution in [2.24, 2.45) is 0 Å². The summed E-state index contributed by atoms with van der Waals surface area (Å²) in [4.78, 5) is 42.3. The van der Waals surface area contributed by atoms with E-state index in [1.54, 1.807) is 75.1 Å². The molecule has 4 aromatic rings. The molecule has 1 atom stereocenters. The molecule has 1 aliphatic heterocycles. The Morgan fingerprint density at radius 3 is 2.38 bits per heavy atom. The quantitative estimate of drug-likeness (QED) is 0.0929. The maximum absolute atomic E-state index is 13.8. The summed E-state index contributed by atoms with van der Waals surface area (Å²) < 4.78 is 77.1. The molecule has 1 aliphatic rings. The predicted octanol–water partition coefficient (Wildman–Crippen LogP) is 7.99. The topological polar surface area (TPSA) is 112 Å². The number of anilines is 1. The van der Waals surface area contributed by atoms with Crippen LogP contribution >= 0.6 is 0 Å². The zero-order valence-electron chi connectivity index (χ0n) is 30.0. The number of nitrogens with one attached hydrogen (secondary N) is 1. The van der Waals surface area contributed by atoms with Gasteiger partial charge in [-0.05, 0) is 68.7 Å². The van der Waals surface area contributed by atoms with Crippen LogP contribution in [-0.2, 0) is 27.4 Å². The number of aromatic nitrogens is 1. The summed E-state index contributed by atoms with van der Waals surface area (Å²) in [5, 5.41) is 3.07. The predicted molar refractivity (Wildman–Crippen MR) is 189 cm³/mol. The molecule has 284 valence electrons. The fourth-order valence-corrected chi connectivity index (χ4v) is 6.37. The first kappa shape index (κ1) is 39.1. The van der Waals surface area contributed by atoms with Crippen LogP contribution in [0.15, 0.2) is 66.9 Å². The van der Waals surface area contributed by atoms with Gasteiger partial charge >= 0.3 is 24.8 Å². The van der Waals surface area contributed by atoms with Crippen molar-refractivity contribution in [3.05, 3.63) is 94.7 Å². The summed E-state index contributed by atoms with van der Waals surface area (Å²) in [5.41, 5.74) is 1.82. The molecule has 11 nitrogen and oxygen atoms in total. The molecule has 0 radical (unpaired) electrons. The molecular weight excluding hydrogens is 700 g/mol. The summed E-state index contributed by atoms with van der Waals surface area (Å²) in [5.74, 6) is -0.842. The van der Waals surface area contributed by atoms with Crippen LogP contribution in [0.4, 0.5) is 32.8 Å². The van der Waals surface area contributed by atoms with E-state index in [1.807, 2.05) is 11.0 Å². The number of rotatable bonds is 11. The number of hydrogen-bond acceptors (Lipinski definition) is 9. The average molecular weight is 743 g/mol. The molecule has 1 aromatic heterocycles. The van der Waals surface area contributed by atoms with Gasteiger partial charge in [-0.1, -0.05) is 36.4 Å². The Morgan fingerprint density at radius 1 is 0.981 bits per heavy atom. The second kappa shape index (κ2) is 16.7. The number of benzene rings is 3. The number of piperazine rings is 1. The van der Waals surface area contributed by atoms with Crippen molar-refractivity contribution in [3.63, 3.8) is 0 Å². The van der Waals surface area contributed by atoms with Crippen LogP contribution < -0.4 is 10.1 Å². The molecule has 15 heteroatoms. The lowest BCUT2D eigenvalue weighted by atomic mass is 9.97. The number of nitrogens with zero attached hydrogens (tertiary/aromatic N) is 3. The van der Waals surface area contributed by atoms with E-state index in [0.29, 0.717) is 27.6 Å². The van der Waals surface area contributed by atoms with Crippen LogP contribution in [-0.4, -0.2) is 84.4 Å². The number of amides is 1. The van der Waals surface area contributed by atoms with Crippen LogP contribution in [0.5, 0.6) is 5.75 Å². The van der Waals surface area contributed by atoms with Crippen LogP contribution in [0.3, 0.4) is 0 Å². The largest absolute Gasteiger partial charge is 0.465 e. The standard InChI is InChI=1S/C38H42F4N4O7/c1-23-17-31(52-35(41)42)28(26-13-14-46(33(23)26)37(49)53-38(2,3)4)19-45-16-15-44(21-32(39)40)20-30(45)25-11-12-27(34(47)50-5)29(18-25)43-36(48)51-22-24-9-7-6-8-10-24/h6-14,17-18,30,32,35H,15-16,19-22H2,1-5H3,(H,43,48)/t30-/m1/s1. The number of ether oxygens (including phenoxy) is 4. The highest BCUT2D eigenvalue weighted by Gasteiger charge is 2.33. The van der Waals surface area contributed by atoms with Gasteiger partial charge < -0.3 is 18.9 Å². The maximum atomic E-state index is 13.8. The SMILES string of the molecule is COC(=O)c1ccc([C@H]2CN(CC(F)F)CCN2Cc2c(OC(F)F)cc(C)c3c2ccn3C(=O)OC(C)(C)C)cc1NC(=O)OCc1ccccc1. The van der Waals surface area contributed by atoms with E-state index >= 15 is 0 Å². The lowest BCUT2D eigenvalue weighted by Crippen LogP contribution is -2.49. The van der Waals surface area contributed by atoms with E-state index in [1.165, 1.54) is 30.0 Å². The van der Waals surface area contributed by atoms with Gasteiger partial charge in [0.15, 0.2) is 0 Å². The Bertz CT molecular complexity index is 1930. The van der Waals surface area contributed by atoms with Gasteiger partial charge in [0.25, 0.3) is 6.43 Å². The third-order valence-electron chi connectivity index (χ3n) is 8.65. The molecule has 1 saturated heterocycles. The summed E-state index contributed by atoms with van der Waals surface area (Å²) in [7, 11) is 1.19. The molecule has 5 rings (SSSR count). The minimum atomic E-state index is -3.15. The molecule has 2 heterocycles. The van der Waals surface area contributed by atoms with Gasteiger partial charge in [-0.25, -0.2) is 23.2 Å². The van der Waals surface area contributed by atoms with Crippen LogP contribution in [0.2, 0.25) is 0 Å². The summed E-state index contributed by atoms with van der Waals surface area (Å²) in [6.07, 6.45) is -2.62. The van der Waals surface area contributed by atoms with Crippen molar-refractivity contribution < 1.29 is 50.9 Å². The lowest BCUT2D eigenvalue weighted by Gasteiger charge is -2.42. The van der Waals surface area contributed by atoms with E-state index in [0.717, 1.165) is 5.56 Å². The Morgan fingerprint density at radius 2 is 1.72 bits per heavy atom. The van der Waals surface area contributed by atoms with Crippen molar-refractivity contribution >= 4 is 34.7 Å². The number of alkyl halides is 4. The van der Waals surface area contributed by atoms with Crippen LogP contribution in [0.25, 0.3) is 10.9 Å². The van der Waals surface area contributed by atoms with E-state index < -0.39 is 49.4 Å². The van der Waals surface area contributed by atoms with Crippen molar-refractivity contribution in [2.45, 2.75) is 65.5 Å². The van der Waals surface area contributed by atoms with Gasteiger partial charge in [0, 0.05) is 49.4 Å². The molecule has 0 bridgehead atoms. The number of carbonyl (C=O) groups is 3. The van der Waals surface area contributed by atoms with Gasteiger partial charge in [-0.15, -0.1) is 0 Å². The minimum Gasteiger partial charge on any atom is -0.465 e. The van der Waals surface area contributed by atoms with Crippen molar-refractivity contribution in [2.75, 3.05) is 38.6 Å². The molecular formula is C38H42F4N4O7. The van der Waals surface area contributed by atoms with Crippen molar-refractivity contribution in [3.8, 4) is 5.75 Å². The first-order valence-corrected chi connectivity index (χ1v) is 16.9. The first-order valence-electron chi connectivity index (χ1n) is 16.9. The second-order valence-electron chi connectivity index (χ2n) is 13.6. The number of methoxy groups -OCH3 is 1. The van der Waals surface area contributed by atoms with Gasteiger partial charge in [0.1, 0.15) is 18.0 Å².